The number of nitrogens with zero attached hydrogens (tertiary/aromatic N) is 3. The fourth-order valence-electron chi connectivity index (χ4n) is 1.73. The first kappa shape index (κ1) is 11.5. The Labute approximate surface area is 100 Å². The van der Waals surface area contributed by atoms with Crippen LogP contribution in [0.1, 0.15) is 29.5 Å². The van der Waals surface area contributed by atoms with Gasteiger partial charge >= 0.3 is 0 Å². The number of ketones is 1. The van der Waals surface area contributed by atoms with Crippen molar-refractivity contribution >= 4 is 5.78 Å². The number of carbonyl (C=O) groups excluding carboxylic acids is 1. The molecule has 0 atom stereocenters. The molecule has 2 aromatic rings. The second-order valence-corrected chi connectivity index (χ2v) is 3.82. The lowest BCUT2D eigenvalue weighted by atomic mass is 10.1. The van der Waals surface area contributed by atoms with Crippen molar-refractivity contribution in [3.63, 3.8) is 0 Å². The second-order valence-electron chi connectivity index (χ2n) is 3.82. The Bertz CT molecular complexity index is 490. The number of imidazole rings is 1. The zero-order valence-electron chi connectivity index (χ0n) is 9.84. The van der Waals surface area contributed by atoms with Crippen LogP contribution in [0.2, 0.25) is 0 Å². The van der Waals surface area contributed by atoms with Crippen LogP contribution in [0.3, 0.4) is 0 Å². The van der Waals surface area contributed by atoms with Crippen molar-refractivity contribution in [3.8, 4) is 0 Å². The molecule has 0 aliphatic heterocycles. The van der Waals surface area contributed by atoms with Crippen LogP contribution in [0.25, 0.3) is 0 Å². The fraction of sp³-hybridized carbons (Fsp3) is 0.308. The van der Waals surface area contributed by atoms with Gasteiger partial charge in [0, 0.05) is 37.8 Å². The van der Waals surface area contributed by atoms with E-state index in [1.165, 1.54) is 0 Å². The quantitative estimate of drug-likeness (QED) is 0.738. The molecule has 0 amide bonds. The summed E-state index contributed by atoms with van der Waals surface area (Å²) in [6.07, 6.45) is 8.21. The highest BCUT2D eigenvalue weighted by molar-refractivity contribution is 5.92. The monoisotopic (exact) mass is 229 g/mol. The number of carbonyl (C=O) groups is 1. The summed E-state index contributed by atoms with van der Waals surface area (Å²) in [5, 5.41) is 0. The average Bonchev–Trinajstić information content (AvgIpc) is 2.85. The molecule has 0 N–H and O–H groups in total. The van der Waals surface area contributed by atoms with Gasteiger partial charge in [-0.3, -0.25) is 9.78 Å². The molecule has 17 heavy (non-hydrogen) atoms. The molecular formula is C13H15N3O. The molecule has 2 aromatic heterocycles. The van der Waals surface area contributed by atoms with Crippen LogP contribution >= 0.6 is 0 Å². The smallest absolute Gasteiger partial charge is 0.198 e. The Hall–Kier alpha value is -1.97. The summed E-state index contributed by atoms with van der Waals surface area (Å²) in [5.74, 6) is 0.636. The van der Waals surface area contributed by atoms with Crippen LogP contribution in [0.15, 0.2) is 36.9 Å². The third-order valence-corrected chi connectivity index (χ3v) is 2.67. The maximum absolute atomic E-state index is 12.0. The predicted octanol–water partition coefficient (Wildman–Crippen LogP) is 2.11. The van der Waals surface area contributed by atoms with Crippen molar-refractivity contribution in [3.05, 3.63) is 48.3 Å². The van der Waals surface area contributed by atoms with Crippen LogP contribution in [-0.2, 0) is 13.0 Å². The van der Waals surface area contributed by atoms with E-state index in [2.05, 4.69) is 9.97 Å². The highest BCUT2D eigenvalue weighted by atomic mass is 16.1. The number of Topliss-reactive ketones (excluding diaryl/α,β-unsaturated/α-hetero) is 1. The highest BCUT2D eigenvalue weighted by Gasteiger charge is 2.11. The van der Waals surface area contributed by atoms with Gasteiger partial charge in [-0.25, -0.2) is 4.98 Å². The lowest BCUT2D eigenvalue weighted by Gasteiger charge is -2.03. The summed E-state index contributed by atoms with van der Waals surface area (Å²) < 4.78 is 1.87. The SMILES string of the molecule is CCn1ccnc1C(=O)CCc1cccnc1. The summed E-state index contributed by atoms with van der Waals surface area (Å²) in [6.45, 7) is 2.77. The number of rotatable bonds is 5. The number of hydrogen-bond acceptors (Lipinski definition) is 3. The Morgan fingerprint density at radius 1 is 1.41 bits per heavy atom. The van der Waals surface area contributed by atoms with Gasteiger partial charge < -0.3 is 4.57 Å². The van der Waals surface area contributed by atoms with Gasteiger partial charge in [0.25, 0.3) is 0 Å². The number of pyridine rings is 1. The van der Waals surface area contributed by atoms with Gasteiger partial charge in [0.15, 0.2) is 11.6 Å². The first-order chi connectivity index (χ1) is 8.31. The molecule has 0 unspecified atom stereocenters. The van der Waals surface area contributed by atoms with Crippen LogP contribution in [0.4, 0.5) is 0 Å². The first-order valence-electron chi connectivity index (χ1n) is 5.74. The van der Waals surface area contributed by atoms with Crippen molar-refractivity contribution in [2.24, 2.45) is 0 Å². The predicted molar refractivity (Wildman–Crippen MR) is 64.8 cm³/mol. The molecule has 0 saturated carbocycles. The maximum atomic E-state index is 12.0. The van der Waals surface area contributed by atoms with E-state index in [9.17, 15) is 4.79 Å². The number of aromatic nitrogens is 3. The minimum Gasteiger partial charge on any atom is -0.329 e. The second kappa shape index (κ2) is 5.39. The summed E-state index contributed by atoms with van der Waals surface area (Å²) in [7, 11) is 0. The third-order valence-electron chi connectivity index (χ3n) is 2.67. The molecule has 0 spiro atoms. The Morgan fingerprint density at radius 3 is 3.00 bits per heavy atom. The summed E-state index contributed by atoms with van der Waals surface area (Å²) in [4.78, 5) is 20.1. The molecular weight excluding hydrogens is 214 g/mol. The largest absolute Gasteiger partial charge is 0.329 e. The van der Waals surface area contributed by atoms with Crippen molar-refractivity contribution < 1.29 is 4.79 Å². The van der Waals surface area contributed by atoms with Crippen LogP contribution < -0.4 is 0 Å². The molecule has 0 bridgehead atoms. The van der Waals surface area contributed by atoms with Gasteiger partial charge in [0.05, 0.1) is 0 Å². The van der Waals surface area contributed by atoms with Crippen molar-refractivity contribution in [2.45, 2.75) is 26.3 Å². The van der Waals surface area contributed by atoms with Gasteiger partial charge in [0.2, 0.25) is 0 Å². The molecule has 2 rings (SSSR count). The Kier molecular flexibility index (Phi) is 3.65. The zero-order valence-corrected chi connectivity index (χ0v) is 9.84. The molecule has 4 nitrogen and oxygen atoms in total. The van der Waals surface area contributed by atoms with E-state index in [0.29, 0.717) is 18.7 Å². The van der Waals surface area contributed by atoms with Gasteiger partial charge in [-0.2, -0.15) is 0 Å². The summed E-state index contributed by atoms with van der Waals surface area (Å²) in [6, 6.07) is 3.86. The Balaban J connectivity index is 1.98. The van der Waals surface area contributed by atoms with E-state index in [1.807, 2.05) is 29.8 Å². The van der Waals surface area contributed by atoms with E-state index in [-0.39, 0.29) is 5.78 Å². The lowest BCUT2D eigenvalue weighted by Crippen LogP contribution is -2.10. The highest BCUT2D eigenvalue weighted by Crippen LogP contribution is 2.06. The van der Waals surface area contributed by atoms with Gasteiger partial charge in [-0.15, -0.1) is 0 Å². The molecule has 0 aromatic carbocycles. The van der Waals surface area contributed by atoms with Crippen LogP contribution in [-0.4, -0.2) is 20.3 Å². The standard InChI is InChI=1S/C13H15N3O/c1-2-16-9-8-15-13(16)12(17)6-5-11-4-3-7-14-10-11/h3-4,7-10H,2,5-6H2,1H3. The third kappa shape index (κ3) is 2.78. The van der Waals surface area contributed by atoms with Gasteiger partial charge in [0.1, 0.15) is 0 Å². The van der Waals surface area contributed by atoms with Crippen LogP contribution in [0.5, 0.6) is 0 Å². The molecule has 88 valence electrons. The zero-order chi connectivity index (χ0) is 12.1. The van der Waals surface area contributed by atoms with E-state index in [0.717, 1.165) is 12.1 Å². The first-order valence-corrected chi connectivity index (χ1v) is 5.74. The topological polar surface area (TPSA) is 47.8 Å². The lowest BCUT2D eigenvalue weighted by molar-refractivity contribution is 0.0969. The minimum absolute atomic E-state index is 0.0840. The fourth-order valence-corrected chi connectivity index (χ4v) is 1.73. The molecule has 2 heterocycles. The van der Waals surface area contributed by atoms with Crippen molar-refractivity contribution in [2.75, 3.05) is 0 Å². The Morgan fingerprint density at radius 2 is 2.29 bits per heavy atom. The van der Waals surface area contributed by atoms with E-state index in [1.54, 1.807) is 18.6 Å². The molecule has 0 saturated heterocycles. The molecule has 0 aliphatic rings. The van der Waals surface area contributed by atoms with Crippen LogP contribution in [0, 0.1) is 0 Å². The van der Waals surface area contributed by atoms with Gasteiger partial charge in [-0.05, 0) is 25.0 Å². The molecule has 4 heteroatoms. The molecule has 0 fully saturated rings. The molecule has 0 aliphatic carbocycles. The minimum atomic E-state index is 0.0840. The average molecular weight is 229 g/mol. The summed E-state index contributed by atoms with van der Waals surface area (Å²) >= 11 is 0. The van der Waals surface area contributed by atoms with E-state index < -0.39 is 0 Å². The van der Waals surface area contributed by atoms with Gasteiger partial charge in [-0.1, -0.05) is 6.07 Å². The summed E-state index contributed by atoms with van der Waals surface area (Å²) in [5.41, 5.74) is 1.08. The number of aryl methyl sites for hydroxylation is 2. The maximum Gasteiger partial charge on any atom is 0.198 e. The van der Waals surface area contributed by atoms with Crippen molar-refractivity contribution in [1.29, 1.82) is 0 Å². The molecule has 0 radical (unpaired) electrons. The normalized spacial score (nSPS) is 10.4. The van der Waals surface area contributed by atoms with E-state index in [4.69, 9.17) is 0 Å². The van der Waals surface area contributed by atoms with Crippen molar-refractivity contribution in [1.82, 2.24) is 14.5 Å². The number of hydrogen-bond donors (Lipinski definition) is 0. The van der Waals surface area contributed by atoms with E-state index >= 15 is 0 Å².